The molecule has 0 rings (SSSR count). The lowest BCUT2D eigenvalue weighted by Gasteiger charge is -2.02. The number of hydrogen-bond donors (Lipinski definition) is 2. The van der Waals surface area contributed by atoms with E-state index in [0.717, 1.165) is 0 Å². The molecule has 0 heterocycles. The Morgan fingerprint density at radius 2 is 2.08 bits per heavy atom. The Balaban J connectivity index is 3.25. The summed E-state index contributed by atoms with van der Waals surface area (Å²) in [4.78, 5) is 21.0. The van der Waals surface area contributed by atoms with Crippen molar-refractivity contribution >= 4 is 11.9 Å². The number of carbonyl (C=O) groups is 2. The van der Waals surface area contributed by atoms with Gasteiger partial charge in [0.05, 0.1) is 6.61 Å². The van der Waals surface area contributed by atoms with Crippen LogP contribution in [0.5, 0.6) is 0 Å². The molecule has 13 heavy (non-hydrogen) atoms. The van der Waals surface area contributed by atoms with Gasteiger partial charge >= 0.3 is 5.97 Å². The zero-order valence-corrected chi connectivity index (χ0v) is 7.71. The van der Waals surface area contributed by atoms with Gasteiger partial charge in [-0.05, 0) is 6.42 Å². The van der Waals surface area contributed by atoms with Crippen LogP contribution in [-0.2, 0) is 14.3 Å². The van der Waals surface area contributed by atoms with Crippen molar-refractivity contribution in [1.82, 2.24) is 5.32 Å². The van der Waals surface area contributed by atoms with Gasteiger partial charge in [0.2, 0.25) is 5.91 Å². The van der Waals surface area contributed by atoms with Gasteiger partial charge in [-0.2, -0.15) is 0 Å². The van der Waals surface area contributed by atoms with Gasteiger partial charge in [0.15, 0.2) is 0 Å². The second-order valence-corrected chi connectivity index (χ2v) is 2.59. The number of aliphatic carboxylic acids is 1. The summed E-state index contributed by atoms with van der Waals surface area (Å²) in [7, 11) is 1.55. The molecule has 5 heteroatoms. The van der Waals surface area contributed by atoms with Gasteiger partial charge in [-0.25, -0.2) is 0 Å². The van der Waals surface area contributed by atoms with E-state index >= 15 is 0 Å². The minimum Gasteiger partial charge on any atom is -0.481 e. The fraction of sp³-hybridized carbons (Fsp3) is 0.750. The molecule has 2 N–H and O–H groups in total. The molecule has 76 valence electrons. The molecule has 1 amide bonds. The number of carboxylic acids is 1. The third kappa shape index (κ3) is 8.81. The molecule has 0 radical (unpaired) electrons. The fourth-order valence-corrected chi connectivity index (χ4v) is 0.781. The number of carboxylic acid groups (broad SMARTS) is 1. The maximum absolute atomic E-state index is 10.9. The molecule has 0 fully saturated rings. The SMILES string of the molecule is COCCNC(=O)CCCC(=O)O. The molecule has 0 bridgehead atoms. The Hall–Kier alpha value is -1.10. The average molecular weight is 189 g/mol. The van der Waals surface area contributed by atoms with E-state index < -0.39 is 5.97 Å². The summed E-state index contributed by atoms with van der Waals surface area (Å²) in [6.45, 7) is 0.951. The van der Waals surface area contributed by atoms with E-state index in [2.05, 4.69) is 5.32 Å². The molecule has 0 unspecified atom stereocenters. The van der Waals surface area contributed by atoms with Gasteiger partial charge < -0.3 is 15.2 Å². The fourth-order valence-electron chi connectivity index (χ4n) is 0.781. The number of hydrogen-bond acceptors (Lipinski definition) is 3. The zero-order chi connectivity index (χ0) is 10.1. The van der Waals surface area contributed by atoms with E-state index in [1.165, 1.54) is 0 Å². The molecule has 0 aromatic carbocycles. The van der Waals surface area contributed by atoms with E-state index in [0.29, 0.717) is 19.6 Å². The Kier molecular flexibility index (Phi) is 6.91. The first-order valence-corrected chi connectivity index (χ1v) is 4.14. The smallest absolute Gasteiger partial charge is 0.303 e. The summed E-state index contributed by atoms with van der Waals surface area (Å²) in [5.41, 5.74) is 0. The summed E-state index contributed by atoms with van der Waals surface area (Å²) in [6.07, 6.45) is 0.682. The van der Waals surface area contributed by atoms with Crippen LogP contribution in [-0.4, -0.2) is 37.2 Å². The van der Waals surface area contributed by atoms with Crippen LogP contribution >= 0.6 is 0 Å². The Bertz CT molecular complexity index is 170. The molecule has 0 aliphatic rings. The lowest BCUT2D eigenvalue weighted by Crippen LogP contribution is -2.26. The number of amides is 1. The Morgan fingerprint density at radius 1 is 1.38 bits per heavy atom. The number of methoxy groups -OCH3 is 1. The highest BCUT2D eigenvalue weighted by molar-refractivity contribution is 5.76. The second-order valence-electron chi connectivity index (χ2n) is 2.59. The van der Waals surface area contributed by atoms with Crippen LogP contribution in [0.2, 0.25) is 0 Å². The maximum atomic E-state index is 10.9. The third-order valence-electron chi connectivity index (χ3n) is 1.42. The van der Waals surface area contributed by atoms with Crippen molar-refractivity contribution in [3.05, 3.63) is 0 Å². The third-order valence-corrected chi connectivity index (χ3v) is 1.42. The van der Waals surface area contributed by atoms with Crippen molar-refractivity contribution in [2.45, 2.75) is 19.3 Å². The van der Waals surface area contributed by atoms with Crippen molar-refractivity contribution in [1.29, 1.82) is 0 Å². The second kappa shape index (κ2) is 7.54. The van der Waals surface area contributed by atoms with E-state index in [-0.39, 0.29) is 18.7 Å². The van der Waals surface area contributed by atoms with Crippen LogP contribution in [0.4, 0.5) is 0 Å². The van der Waals surface area contributed by atoms with Crippen LogP contribution in [0.1, 0.15) is 19.3 Å². The molecular formula is C8H15NO4. The summed E-state index contributed by atoms with van der Waals surface area (Å²) in [5.74, 6) is -0.997. The van der Waals surface area contributed by atoms with Gasteiger partial charge in [0.1, 0.15) is 0 Å². The number of carbonyl (C=O) groups excluding carboxylic acids is 1. The summed E-state index contributed by atoms with van der Waals surface area (Å²) < 4.78 is 4.73. The van der Waals surface area contributed by atoms with Crippen molar-refractivity contribution < 1.29 is 19.4 Å². The standard InChI is InChI=1S/C8H15NO4/c1-13-6-5-9-7(10)3-2-4-8(11)12/h2-6H2,1H3,(H,9,10)(H,11,12). The zero-order valence-electron chi connectivity index (χ0n) is 7.71. The summed E-state index contributed by atoms with van der Waals surface area (Å²) in [5, 5.41) is 10.9. The molecule has 0 atom stereocenters. The Labute approximate surface area is 77.1 Å². The minimum atomic E-state index is -0.871. The van der Waals surface area contributed by atoms with Gasteiger partial charge in [-0.15, -0.1) is 0 Å². The van der Waals surface area contributed by atoms with Crippen molar-refractivity contribution in [3.8, 4) is 0 Å². The highest BCUT2D eigenvalue weighted by Gasteiger charge is 2.02. The number of nitrogens with one attached hydrogen (secondary N) is 1. The van der Waals surface area contributed by atoms with Gasteiger partial charge in [0, 0.05) is 26.5 Å². The van der Waals surface area contributed by atoms with E-state index in [9.17, 15) is 9.59 Å². The normalized spacial score (nSPS) is 9.62. The Morgan fingerprint density at radius 3 is 2.62 bits per heavy atom. The highest BCUT2D eigenvalue weighted by atomic mass is 16.5. The summed E-state index contributed by atoms with van der Waals surface area (Å²) in [6, 6.07) is 0. The van der Waals surface area contributed by atoms with Crippen molar-refractivity contribution in [2.75, 3.05) is 20.3 Å². The van der Waals surface area contributed by atoms with Crippen molar-refractivity contribution in [3.63, 3.8) is 0 Å². The minimum absolute atomic E-state index is 0.0394. The predicted molar refractivity (Wildman–Crippen MR) is 46.4 cm³/mol. The van der Waals surface area contributed by atoms with Crippen molar-refractivity contribution in [2.24, 2.45) is 0 Å². The largest absolute Gasteiger partial charge is 0.481 e. The average Bonchev–Trinajstić information content (AvgIpc) is 2.04. The first kappa shape index (κ1) is 11.9. The lowest BCUT2D eigenvalue weighted by molar-refractivity contribution is -0.137. The monoisotopic (exact) mass is 189 g/mol. The molecule has 0 saturated heterocycles. The first-order chi connectivity index (χ1) is 6.16. The quantitative estimate of drug-likeness (QED) is 0.553. The van der Waals surface area contributed by atoms with E-state index in [1.54, 1.807) is 7.11 Å². The number of ether oxygens (including phenoxy) is 1. The van der Waals surface area contributed by atoms with Crippen LogP contribution < -0.4 is 5.32 Å². The van der Waals surface area contributed by atoms with E-state index in [4.69, 9.17) is 9.84 Å². The highest BCUT2D eigenvalue weighted by Crippen LogP contribution is 1.94. The molecule has 0 aliphatic carbocycles. The molecule has 0 aromatic rings. The maximum Gasteiger partial charge on any atom is 0.303 e. The summed E-state index contributed by atoms with van der Waals surface area (Å²) >= 11 is 0. The molecule has 0 aliphatic heterocycles. The predicted octanol–water partition coefficient (Wildman–Crippen LogP) is 0.00390. The van der Waals surface area contributed by atoms with Gasteiger partial charge in [-0.1, -0.05) is 0 Å². The lowest BCUT2D eigenvalue weighted by atomic mass is 10.2. The topological polar surface area (TPSA) is 75.6 Å². The van der Waals surface area contributed by atoms with Gasteiger partial charge in [-0.3, -0.25) is 9.59 Å². The molecule has 0 aromatic heterocycles. The molecule has 0 spiro atoms. The molecular weight excluding hydrogens is 174 g/mol. The van der Waals surface area contributed by atoms with Crippen LogP contribution in [0, 0.1) is 0 Å². The van der Waals surface area contributed by atoms with Gasteiger partial charge in [0.25, 0.3) is 0 Å². The van der Waals surface area contributed by atoms with Crippen LogP contribution in [0.25, 0.3) is 0 Å². The molecule has 5 nitrogen and oxygen atoms in total. The number of rotatable bonds is 7. The molecule has 0 saturated carbocycles. The van der Waals surface area contributed by atoms with E-state index in [1.807, 2.05) is 0 Å². The first-order valence-electron chi connectivity index (χ1n) is 4.14. The van der Waals surface area contributed by atoms with Crippen LogP contribution in [0.3, 0.4) is 0 Å². The van der Waals surface area contributed by atoms with Crippen LogP contribution in [0.15, 0.2) is 0 Å².